The average Bonchev–Trinajstić information content (AvgIpc) is 2.55. The largest absolute Gasteiger partial charge is 0.483 e. The third kappa shape index (κ3) is 3.35. The van der Waals surface area contributed by atoms with E-state index >= 15 is 0 Å². The Bertz CT molecular complexity index is 791. The molecule has 1 amide bonds. The SMILES string of the molecule is Cc1cc2c(cc1NC(=O)C(C)c1ccccc1)C=CC(C)(C)O2. The summed E-state index contributed by atoms with van der Waals surface area (Å²) in [4.78, 5) is 12.6. The minimum Gasteiger partial charge on any atom is -0.483 e. The van der Waals surface area contributed by atoms with Crippen LogP contribution in [-0.4, -0.2) is 11.5 Å². The van der Waals surface area contributed by atoms with Crippen molar-refractivity contribution in [2.24, 2.45) is 0 Å². The Balaban J connectivity index is 1.82. The van der Waals surface area contributed by atoms with Crippen molar-refractivity contribution < 1.29 is 9.53 Å². The predicted octanol–water partition coefficient (Wildman–Crippen LogP) is 4.92. The van der Waals surface area contributed by atoms with E-state index in [1.165, 1.54) is 0 Å². The van der Waals surface area contributed by atoms with Gasteiger partial charge in [0.25, 0.3) is 0 Å². The molecular formula is C21H23NO2. The van der Waals surface area contributed by atoms with Crippen molar-refractivity contribution in [1.82, 2.24) is 0 Å². The van der Waals surface area contributed by atoms with Crippen LogP contribution in [0.4, 0.5) is 5.69 Å². The van der Waals surface area contributed by atoms with Gasteiger partial charge >= 0.3 is 0 Å². The van der Waals surface area contributed by atoms with Crippen molar-refractivity contribution in [1.29, 1.82) is 0 Å². The van der Waals surface area contributed by atoms with Gasteiger partial charge in [0.2, 0.25) is 5.91 Å². The van der Waals surface area contributed by atoms with E-state index in [0.717, 1.165) is 28.1 Å². The van der Waals surface area contributed by atoms with Crippen molar-refractivity contribution >= 4 is 17.7 Å². The summed E-state index contributed by atoms with van der Waals surface area (Å²) in [6.07, 6.45) is 4.08. The number of fused-ring (bicyclic) bond motifs is 1. The summed E-state index contributed by atoms with van der Waals surface area (Å²) in [5.74, 6) is 0.645. The molecule has 2 aromatic rings. The molecule has 0 aromatic heterocycles. The van der Waals surface area contributed by atoms with Crippen molar-refractivity contribution in [2.75, 3.05) is 5.32 Å². The van der Waals surface area contributed by atoms with Gasteiger partial charge in [0, 0.05) is 11.3 Å². The summed E-state index contributed by atoms with van der Waals surface area (Å²) in [5.41, 5.74) is 3.52. The molecular weight excluding hydrogens is 298 g/mol. The summed E-state index contributed by atoms with van der Waals surface area (Å²) in [7, 11) is 0. The fourth-order valence-corrected chi connectivity index (χ4v) is 2.79. The molecule has 1 heterocycles. The minimum atomic E-state index is -0.300. The molecule has 3 rings (SSSR count). The lowest BCUT2D eigenvalue weighted by molar-refractivity contribution is -0.117. The summed E-state index contributed by atoms with van der Waals surface area (Å²) >= 11 is 0. The number of nitrogens with one attached hydrogen (secondary N) is 1. The average molecular weight is 321 g/mol. The molecule has 1 unspecified atom stereocenters. The van der Waals surface area contributed by atoms with Crippen molar-refractivity contribution in [3.8, 4) is 5.75 Å². The summed E-state index contributed by atoms with van der Waals surface area (Å²) < 4.78 is 5.98. The first-order valence-electron chi connectivity index (χ1n) is 8.24. The molecule has 2 aromatic carbocycles. The highest BCUT2D eigenvalue weighted by Gasteiger charge is 2.23. The summed E-state index contributed by atoms with van der Waals surface area (Å²) in [6.45, 7) is 7.96. The molecule has 0 saturated heterocycles. The van der Waals surface area contributed by atoms with E-state index in [2.05, 4.69) is 11.4 Å². The van der Waals surface area contributed by atoms with Crippen LogP contribution in [-0.2, 0) is 4.79 Å². The molecule has 24 heavy (non-hydrogen) atoms. The van der Waals surface area contributed by atoms with Gasteiger partial charge in [0.05, 0.1) is 5.92 Å². The van der Waals surface area contributed by atoms with Crippen molar-refractivity contribution in [2.45, 2.75) is 39.2 Å². The molecule has 1 aliphatic rings. The number of ether oxygens (including phenoxy) is 1. The molecule has 1 aliphatic heterocycles. The van der Waals surface area contributed by atoms with E-state index in [1.807, 2.05) is 76.2 Å². The molecule has 124 valence electrons. The van der Waals surface area contributed by atoms with Gasteiger partial charge in [0.15, 0.2) is 0 Å². The number of benzene rings is 2. The number of hydrogen-bond acceptors (Lipinski definition) is 2. The number of rotatable bonds is 3. The van der Waals surface area contributed by atoms with Crippen LogP contribution in [0.15, 0.2) is 48.5 Å². The second kappa shape index (κ2) is 6.16. The maximum absolute atomic E-state index is 12.6. The lowest BCUT2D eigenvalue weighted by atomic mass is 9.98. The third-order valence-corrected chi connectivity index (χ3v) is 4.34. The van der Waals surface area contributed by atoms with Crippen LogP contribution >= 0.6 is 0 Å². The van der Waals surface area contributed by atoms with Crippen LogP contribution in [0, 0.1) is 6.92 Å². The first-order chi connectivity index (χ1) is 11.4. The fraction of sp³-hybridized carbons (Fsp3) is 0.286. The van der Waals surface area contributed by atoms with Crippen LogP contribution in [0.3, 0.4) is 0 Å². The maximum Gasteiger partial charge on any atom is 0.231 e. The van der Waals surface area contributed by atoms with Gasteiger partial charge < -0.3 is 10.1 Å². The first-order valence-corrected chi connectivity index (χ1v) is 8.24. The lowest BCUT2D eigenvalue weighted by Crippen LogP contribution is -2.27. The van der Waals surface area contributed by atoms with Gasteiger partial charge in [-0.25, -0.2) is 0 Å². The van der Waals surface area contributed by atoms with Crippen LogP contribution in [0.1, 0.15) is 43.4 Å². The Morgan fingerprint density at radius 2 is 1.88 bits per heavy atom. The van der Waals surface area contributed by atoms with Gasteiger partial charge in [-0.3, -0.25) is 4.79 Å². The number of carbonyl (C=O) groups excluding carboxylic acids is 1. The highest BCUT2D eigenvalue weighted by molar-refractivity contribution is 5.96. The quantitative estimate of drug-likeness (QED) is 0.871. The predicted molar refractivity (Wildman–Crippen MR) is 98.4 cm³/mol. The lowest BCUT2D eigenvalue weighted by Gasteiger charge is -2.28. The maximum atomic E-state index is 12.6. The van der Waals surface area contributed by atoms with Gasteiger partial charge in [0.1, 0.15) is 11.4 Å². The van der Waals surface area contributed by atoms with Gasteiger partial charge in [-0.15, -0.1) is 0 Å². The summed E-state index contributed by atoms with van der Waals surface area (Å²) in [5, 5.41) is 3.05. The number of hydrogen-bond donors (Lipinski definition) is 1. The van der Waals surface area contributed by atoms with E-state index in [0.29, 0.717) is 0 Å². The molecule has 3 nitrogen and oxygen atoms in total. The monoisotopic (exact) mass is 321 g/mol. The van der Waals surface area contributed by atoms with Crippen molar-refractivity contribution in [3.63, 3.8) is 0 Å². The third-order valence-electron chi connectivity index (χ3n) is 4.34. The normalized spacial score (nSPS) is 16.0. The number of aryl methyl sites for hydroxylation is 1. The Morgan fingerprint density at radius 3 is 2.58 bits per heavy atom. The molecule has 0 radical (unpaired) electrons. The summed E-state index contributed by atoms with van der Waals surface area (Å²) in [6, 6.07) is 13.8. The van der Waals surface area contributed by atoms with Crippen LogP contribution in [0.2, 0.25) is 0 Å². The van der Waals surface area contributed by atoms with E-state index in [9.17, 15) is 4.79 Å². The molecule has 0 aliphatic carbocycles. The molecule has 1 atom stereocenters. The molecule has 3 heteroatoms. The van der Waals surface area contributed by atoms with Crippen molar-refractivity contribution in [3.05, 3.63) is 65.2 Å². The van der Waals surface area contributed by atoms with Gasteiger partial charge in [-0.2, -0.15) is 0 Å². The van der Waals surface area contributed by atoms with Crippen LogP contribution in [0.25, 0.3) is 6.08 Å². The molecule has 1 N–H and O–H groups in total. The fourth-order valence-electron chi connectivity index (χ4n) is 2.79. The zero-order valence-corrected chi connectivity index (χ0v) is 14.6. The number of carbonyl (C=O) groups is 1. The van der Waals surface area contributed by atoms with Gasteiger partial charge in [-0.05, 0) is 57.0 Å². The second-order valence-corrected chi connectivity index (χ2v) is 6.87. The molecule has 0 saturated carbocycles. The number of amides is 1. The van der Waals surface area contributed by atoms with E-state index in [-0.39, 0.29) is 17.4 Å². The van der Waals surface area contributed by atoms with Gasteiger partial charge in [-0.1, -0.05) is 36.4 Å². The standard InChI is InChI=1S/C21H23NO2/c1-14-12-19-17(10-11-21(3,4)24-19)13-18(14)22-20(23)15(2)16-8-6-5-7-9-16/h5-13,15H,1-4H3,(H,22,23). The van der Waals surface area contributed by atoms with E-state index in [1.54, 1.807) is 0 Å². The minimum absolute atomic E-state index is 0.00899. The second-order valence-electron chi connectivity index (χ2n) is 6.87. The zero-order chi connectivity index (χ0) is 17.3. The molecule has 0 bridgehead atoms. The first kappa shape index (κ1) is 16.3. The Labute approximate surface area is 143 Å². The molecule has 0 fully saturated rings. The Kier molecular flexibility index (Phi) is 4.18. The zero-order valence-electron chi connectivity index (χ0n) is 14.6. The Hall–Kier alpha value is -2.55. The highest BCUT2D eigenvalue weighted by Crippen LogP contribution is 2.35. The van der Waals surface area contributed by atoms with Crippen LogP contribution < -0.4 is 10.1 Å². The van der Waals surface area contributed by atoms with Crippen LogP contribution in [0.5, 0.6) is 5.75 Å². The Morgan fingerprint density at radius 1 is 1.17 bits per heavy atom. The molecule has 0 spiro atoms. The number of anilines is 1. The smallest absolute Gasteiger partial charge is 0.231 e. The topological polar surface area (TPSA) is 38.3 Å². The highest BCUT2D eigenvalue weighted by atomic mass is 16.5. The van der Waals surface area contributed by atoms with E-state index < -0.39 is 0 Å². The van der Waals surface area contributed by atoms with E-state index in [4.69, 9.17) is 4.74 Å².